The second-order valence-electron chi connectivity index (χ2n) is 7.03. The Morgan fingerprint density at radius 2 is 1.90 bits per heavy atom. The van der Waals surface area contributed by atoms with Crippen molar-refractivity contribution in [3.63, 3.8) is 0 Å². The first kappa shape index (κ1) is 18.0. The number of carbonyl (C=O) groups is 2. The molecule has 0 N–H and O–H groups in total. The van der Waals surface area contributed by atoms with Crippen molar-refractivity contribution in [2.75, 3.05) is 27.2 Å². The number of amides is 1. The molecule has 1 aliphatic heterocycles. The third kappa shape index (κ3) is 6.93. The van der Waals surface area contributed by atoms with Crippen LogP contribution >= 0.6 is 0 Å². The molecule has 5 nitrogen and oxygen atoms in total. The lowest BCUT2D eigenvalue weighted by Gasteiger charge is -2.35. The molecule has 21 heavy (non-hydrogen) atoms. The van der Waals surface area contributed by atoms with E-state index in [9.17, 15) is 9.59 Å². The predicted molar refractivity (Wildman–Crippen MR) is 83.0 cm³/mol. The van der Waals surface area contributed by atoms with Crippen LogP contribution in [0.4, 0.5) is 0 Å². The van der Waals surface area contributed by atoms with Crippen molar-refractivity contribution < 1.29 is 14.3 Å². The van der Waals surface area contributed by atoms with Crippen molar-refractivity contribution in [3.05, 3.63) is 0 Å². The molecular formula is C16H30N2O3. The van der Waals surface area contributed by atoms with Gasteiger partial charge in [0.1, 0.15) is 5.60 Å². The number of likely N-dealkylation sites (N-methyl/N-ethyl adjacent to an activating group) is 1. The van der Waals surface area contributed by atoms with Gasteiger partial charge in [-0.25, -0.2) is 0 Å². The fourth-order valence-corrected chi connectivity index (χ4v) is 2.59. The van der Waals surface area contributed by atoms with Crippen molar-refractivity contribution in [2.45, 2.75) is 64.5 Å². The molecule has 0 aromatic heterocycles. The number of esters is 1. The summed E-state index contributed by atoms with van der Waals surface area (Å²) in [6.45, 7) is 7.04. The zero-order valence-electron chi connectivity index (χ0n) is 14.1. The van der Waals surface area contributed by atoms with E-state index in [1.165, 1.54) is 6.42 Å². The number of hydrogen-bond acceptors (Lipinski definition) is 4. The van der Waals surface area contributed by atoms with Crippen LogP contribution in [0.2, 0.25) is 0 Å². The average Bonchev–Trinajstić information content (AvgIpc) is 2.35. The highest BCUT2D eigenvalue weighted by Gasteiger charge is 2.26. The van der Waals surface area contributed by atoms with Gasteiger partial charge in [0, 0.05) is 26.6 Å². The fraction of sp³-hybridized carbons (Fsp3) is 0.875. The van der Waals surface area contributed by atoms with Crippen molar-refractivity contribution in [3.8, 4) is 0 Å². The van der Waals surface area contributed by atoms with Crippen LogP contribution in [0.5, 0.6) is 0 Å². The third-order valence-corrected chi connectivity index (χ3v) is 3.69. The Labute approximate surface area is 128 Å². The molecule has 1 rings (SSSR count). The first-order valence-electron chi connectivity index (χ1n) is 7.85. The van der Waals surface area contributed by atoms with Gasteiger partial charge >= 0.3 is 5.97 Å². The van der Waals surface area contributed by atoms with E-state index in [2.05, 4.69) is 4.90 Å². The lowest BCUT2D eigenvalue weighted by atomic mass is 9.98. The van der Waals surface area contributed by atoms with E-state index in [1.54, 1.807) is 19.0 Å². The summed E-state index contributed by atoms with van der Waals surface area (Å²) in [5.74, 6) is -0.0221. The zero-order valence-corrected chi connectivity index (χ0v) is 14.1. The number of ether oxygens (including phenoxy) is 1. The van der Waals surface area contributed by atoms with Gasteiger partial charge in [0.05, 0.1) is 6.54 Å². The fourth-order valence-electron chi connectivity index (χ4n) is 2.59. The molecule has 5 heteroatoms. The Balaban J connectivity index is 2.46. The maximum absolute atomic E-state index is 11.9. The number of hydrogen-bond donors (Lipinski definition) is 0. The molecule has 1 unspecified atom stereocenters. The number of carbonyl (C=O) groups excluding carboxylic acids is 2. The van der Waals surface area contributed by atoms with Gasteiger partial charge in [0.2, 0.25) is 5.91 Å². The van der Waals surface area contributed by atoms with Crippen molar-refractivity contribution in [2.24, 2.45) is 0 Å². The second-order valence-corrected chi connectivity index (χ2v) is 7.03. The van der Waals surface area contributed by atoms with Gasteiger partial charge in [-0.3, -0.25) is 14.5 Å². The summed E-state index contributed by atoms with van der Waals surface area (Å²) in [7, 11) is 3.56. The largest absolute Gasteiger partial charge is 0.460 e. The maximum Gasteiger partial charge on any atom is 0.306 e. The van der Waals surface area contributed by atoms with Crippen LogP contribution < -0.4 is 0 Å². The summed E-state index contributed by atoms with van der Waals surface area (Å²) in [4.78, 5) is 27.5. The van der Waals surface area contributed by atoms with E-state index < -0.39 is 5.60 Å². The standard InChI is InChI=1S/C16H30N2O3/c1-16(2,3)21-15(20)10-9-13-8-6-7-11-18(13)12-14(19)17(4)5/h13H,6-12H2,1-5H3. The van der Waals surface area contributed by atoms with E-state index in [0.29, 0.717) is 19.0 Å². The summed E-state index contributed by atoms with van der Waals surface area (Å²) in [6.07, 6.45) is 4.56. The summed E-state index contributed by atoms with van der Waals surface area (Å²) in [6, 6.07) is 0.315. The molecule has 1 atom stereocenters. The van der Waals surface area contributed by atoms with Crippen LogP contribution in [0.3, 0.4) is 0 Å². The van der Waals surface area contributed by atoms with Crippen LogP contribution in [-0.4, -0.2) is 60.5 Å². The number of likely N-dealkylation sites (tertiary alicyclic amines) is 1. The molecule has 0 spiro atoms. The van der Waals surface area contributed by atoms with Gasteiger partial charge in [0.15, 0.2) is 0 Å². The molecule has 1 amide bonds. The van der Waals surface area contributed by atoms with E-state index in [4.69, 9.17) is 4.74 Å². The Morgan fingerprint density at radius 1 is 1.24 bits per heavy atom. The second kappa shape index (κ2) is 7.78. The minimum absolute atomic E-state index is 0.124. The van der Waals surface area contributed by atoms with Gasteiger partial charge < -0.3 is 9.64 Å². The summed E-state index contributed by atoms with van der Waals surface area (Å²) in [5.41, 5.74) is -0.426. The molecule has 1 heterocycles. The van der Waals surface area contributed by atoms with Crippen molar-refractivity contribution >= 4 is 11.9 Å². The van der Waals surface area contributed by atoms with Gasteiger partial charge in [-0.05, 0) is 46.6 Å². The van der Waals surface area contributed by atoms with Gasteiger partial charge in [-0.1, -0.05) is 6.42 Å². The quantitative estimate of drug-likeness (QED) is 0.729. The third-order valence-electron chi connectivity index (χ3n) is 3.69. The normalized spacial score (nSPS) is 20.1. The monoisotopic (exact) mass is 298 g/mol. The zero-order chi connectivity index (χ0) is 16.0. The molecule has 0 saturated carbocycles. The highest BCUT2D eigenvalue weighted by atomic mass is 16.6. The van der Waals surface area contributed by atoms with Crippen molar-refractivity contribution in [1.29, 1.82) is 0 Å². The van der Waals surface area contributed by atoms with Crippen LogP contribution in [0.15, 0.2) is 0 Å². The Hall–Kier alpha value is -1.10. The highest BCUT2D eigenvalue weighted by Crippen LogP contribution is 2.21. The Kier molecular flexibility index (Phi) is 6.65. The topological polar surface area (TPSA) is 49.9 Å². The maximum atomic E-state index is 11.9. The molecule has 1 aliphatic rings. The lowest BCUT2D eigenvalue weighted by Crippen LogP contribution is -2.45. The molecule has 1 fully saturated rings. The van der Waals surface area contributed by atoms with Crippen molar-refractivity contribution in [1.82, 2.24) is 9.80 Å². The lowest BCUT2D eigenvalue weighted by molar-refractivity contribution is -0.155. The van der Waals surface area contributed by atoms with E-state index >= 15 is 0 Å². The van der Waals surface area contributed by atoms with Crippen LogP contribution in [0, 0.1) is 0 Å². The molecule has 0 aliphatic carbocycles. The number of rotatable bonds is 5. The summed E-state index contributed by atoms with van der Waals surface area (Å²) < 4.78 is 5.35. The number of piperidine rings is 1. The molecular weight excluding hydrogens is 268 g/mol. The summed E-state index contributed by atoms with van der Waals surface area (Å²) >= 11 is 0. The minimum Gasteiger partial charge on any atom is -0.460 e. The Morgan fingerprint density at radius 3 is 2.48 bits per heavy atom. The van der Waals surface area contributed by atoms with Crippen LogP contribution in [0.25, 0.3) is 0 Å². The van der Waals surface area contributed by atoms with E-state index in [0.717, 1.165) is 25.8 Å². The smallest absolute Gasteiger partial charge is 0.306 e. The highest BCUT2D eigenvalue weighted by molar-refractivity contribution is 5.77. The molecule has 0 aromatic carbocycles. The summed E-state index contributed by atoms with van der Waals surface area (Å²) in [5, 5.41) is 0. The molecule has 0 bridgehead atoms. The van der Waals surface area contributed by atoms with Crippen LogP contribution in [0.1, 0.15) is 52.9 Å². The molecule has 0 radical (unpaired) electrons. The average molecular weight is 298 g/mol. The molecule has 122 valence electrons. The first-order chi connectivity index (χ1) is 9.69. The minimum atomic E-state index is -0.426. The molecule has 0 aromatic rings. The first-order valence-corrected chi connectivity index (χ1v) is 7.85. The van der Waals surface area contributed by atoms with Gasteiger partial charge in [-0.15, -0.1) is 0 Å². The number of nitrogens with zero attached hydrogens (tertiary/aromatic N) is 2. The van der Waals surface area contributed by atoms with E-state index in [-0.39, 0.29) is 11.9 Å². The van der Waals surface area contributed by atoms with Crippen LogP contribution in [-0.2, 0) is 14.3 Å². The van der Waals surface area contributed by atoms with Gasteiger partial charge in [0.25, 0.3) is 0 Å². The van der Waals surface area contributed by atoms with E-state index in [1.807, 2.05) is 20.8 Å². The predicted octanol–water partition coefficient (Wildman–Crippen LogP) is 2.05. The van der Waals surface area contributed by atoms with Gasteiger partial charge in [-0.2, -0.15) is 0 Å². The Bertz CT molecular complexity index is 361. The molecule has 1 saturated heterocycles. The SMILES string of the molecule is CN(C)C(=O)CN1CCCCC1CCC(=O)OC(C)(C)C.